The Labute approximate surface area is 144 Å². The summed E-state index contributed by atoms with van der Waals surface area (Å²) in [5, 5.41) is 19.5. The van der Waals surface area contributed by atoms with Gasteiger partial charge in [0.2, 0.25) is 5.52 Å². The van der Waals surface area contributed by atoms with Gasteiger partial charge in [0.05, 0.1) is 10.6 Å². The van der Waals surface area contributed by atoms with Crippen molar-refractivity contribution in [1.29, 1.82) is 0 Å². The second-order valence-electron chi connectivity index (χ2n) is 5.55. The Morgan fingerprint density at radius 3 is 2.32 bits per heavy atom. The summed E-state index contributed by atoms with van der Waals surface area (Å²) in [5.41, 5.74) is 2.50. The molecule has 8 nitrogen and oxygen atoms in total. The molecule has 2 aromatic carbocycles. The predicted octanol–water partition coefficient (Wildman–Crippen LogP) is 3.75. The molecule has 0 unspecified atom stereocenters. The minimum atomic E-state index is -0.437. The SMILES string of the molecule is CCN(CC)c1cc(N(C)c2ccccc2)c([N+](=O)[O-])c2nonc12. The molecular weight excluding hydrogens is 322 g/mol. The monoisotopic (exact) mass is 341 g/mol. The van der Waals surface area contributed by atoms with Crippen molar-refractivity contribution >= 4 is 33.8 Å². The van der Waals surface area contributed by atoms with Gasteiger partial charge in [-0.3, -0.25) is 10.1 Å². The van der Waals surface area contributed by atoms with Crippen LogP contribution in [0, 0.1) is 10.1 Å². The van der Waals surface area contributed by atoms with Crippen molar-refractivity contribution in [3.05, 3.63) is 46.5 Å². The van der Waals surface area contributed by atoms with Crippen LogP contribution in [0.4, 0.5) is 22.7 Å². The minimum absolute atomic E-state index is 0.112. The van der Waals surface area contributed by atoms with Crippen molar-refractivity contribution in [3.8, 4) is 0 Å². The van der Waals surface area contributed by atoms with Gasteiger partial charge < -0.3 is 9.80 Å². The summed E-state index contributed by atoms with van der Waals surface area (Å²) in [6.45, 7) is 5.52. The first-order valence-corrected chi connectivity index (χ1v) is 8.05. The van der Waals surface area contributed by atoms with Gasteiger partial charge in [0.1, 0.15) is 5.69 Å². The number of nitro groups is 1. The number of anilines is 3. The molecule has 0 atom stereocenters. The molecular formula is C17H19N5O3. The van der Waals surface area contributed by atoms with Crippen LogP contribution < -0.4 is 9.80 Å². The first-order valence-electron chi connectivity index (χ1n) is 8.05. The molecule has 0 saturated heterocycles. The van der Waals surface area contributed by atoms with E-state index in [1.807, 2.05) is 44.2 Å². The molecule has 130 valence electrons. The molecule has 0 amide bonds. The van der Waals surface area contributed by atoms with E-state index in [1.54, 1.807) is 18.0 Å². The van der Waals surface area contributed by atoms with Gasteiger partial charge in [-0.2, -0.15) is 0 Å². The Bertz CT molecular complexity index is 890. The Morgan fingerprint density at radius 1 is 1.08 bits per heavy atom. The lowest BCUT2D eigenvalue weighted by atomic mass is 10.1. The molecule has 0 aliphatic heterocycles. The predicted molar refractivity (Wildman–Crippen MR) is 96.5 cm³/mol. The van der Waals surface area contributed by atoms with Gasteiger partial charge in [-0.15, -0.1) is 0 Å². The van der Waals surface area contributed by atoms with Crippen molar-refractivity contribution in [2.45, 2.75) is 13.8 Å². The Balaban J connectivity index is 2.29. The Morgan fingerprint density at radius 2 is 1.72 bits per heavy atom. The van der Waals surface area contributed by atoms with E-state index in [4.69, 9.17) is 4.63 Å². The van der Waals surface area contributed by atoms with E-state index in [1.165, 1.54) is 0 Å². The third-order valence-corrected chi connectivity index (χ3v) is 4.26. The fourth-order valence-electron chi connectivity index (χ4n) is 2.93. The first kappa shape index (κ1) is 16.7. The summed E-state index contributed by atoms with van der Waals surface area (Å²) < 4.78 is 4.83. The zero-order chi connectivity index (χ0) is 18.0. The fourth-order valence-corrected chi connectivity index (χ4v) is 2.93. The minimum Gasteiger partial charge on any atom is -0.370 e. The van der Waals surface area contributed by atoms with Gasteiger partial charge in [-0.25, -0.2) is 4.63 Å². The summed E-state index contributed by atoms with van der Waals surface area (Å²) in [4.78, 5) is 15.2. The standard InChI is InChI=1S/C17H19N5O3/c1-4-21(5-2)13-11-14(20(3)12-9-7-6-8-10-12)17(22(23)24)16-15(13)18-25-19-16/h6-11H,4-5H2,1-3H3. The third-order valence-electron chi connectivity index (χ3n) is 4.26. The van der Waals surface area contributed by atoms with Gasteiger partial charge in [0.15, 0.2) is 5.52 Å². The third kappa shape index (κ3) is 2.86. The summed E-state index contributed by atoms with van der Waals surface area (Å²) in [6, 6.07) is 11.2. The fraction of sp³-hybridized carbons (Fsp3) is 0.294. The van der Waals surface area contributed by atoms with Crippen LogP contribution in [0.5, 0.6) is 0 Å². The van der Waals surface area contributed by atoms with Gasteiger partial charge >= 0.3 is 5.69 Å². The highest BCUT2D eigenvalue weighted by Gasteiger charge is 2.29. The molecule has 3 rings (SSSR count). The largest absolute Gasteiger partial charge is 0.370 e. The van der Waals surface area contributed by atoms with Crippen LogP contribution in [-0.2, 0) is 0 Å². The van der Waals surface area contributed by atoms with Crippen molar-refractivity contribution in [1.82, 2.24) is 10.3 Å². The lowest BCUT2D eigenvalue weighted by Crippen LogP contribution is -2.23. The molecule has 0 N–H and O–H groups in total. The van der Waals surface area contributed by atoms with Crippen LogP contribution in [0.1, 0.15) is 13.8 Å². The van der Waals surface area contributed by atoms with Gasteiger partial charge in [0, 0.05) is 25.8 Å². The normalized spacial score (nSPS) is 10.8. The van der Waals surface area contributed by atoms with Crippen molar-refractivity contribution in [3.63, 3.8) is 0 Å². The maximum atomic E-state index is 11.7. The highest BCUT2D eigenvalue weighted by atomic mass is 16.6. The quantitative estimate of drug-likeness (QED) is 0.498. The second-order valence-corrected chi connectivity index (χ2v) is 5.55. The van der Waals surface area contributed by atoms with Crippen molar-refractivity contribution in [2.75, 3.05) is 29.9 Å². The van der Waals surface area contributed by atoms with Crippen LogP contribution in [-0.4, -0.2) is 35.4 Å². The summed E-state index contributed by atoms with van der Waals surface area (Å²) >= 11 is 0. The lowest BCUT2D eigenvalue weighted by molar-refractivity contribution is -0.382. The number of hydrogen-bond donors (Lipinski definition) is 0. The molecule has 0 radical (unpaired) electrons. The number of benzene rings is 2. The molecule has 1 heterocycles. The van der Waals surface area contributed by atoms with Crippen LogP contribution in [0.15, 0.2) is 41.0 Å². The lowest BCUT2D eigenvalue weighted by Gasteiger charge is -2.24. The number of fused-ring (bicyclic) bond motifs is 1. The molecule has 0 bridgehead atoms. The molecule has 8 heteroatoms. The second kappa shape index (κ2) is 6.76. The van der Waals surface area contributed by atoms with E-state index >= 15 is 0 Å². The molecule has 0 aliphatic rings. The van der Waals surface area contributed by atoms with Gasteiger partial charge in [-0.1, -0.05) is 18.2 Å². The first-order chi connectivity index (χ1) is 12.1. The van der Waals surface area contributed by atoms with Crippen LogP contribution >= 0.6 is 0 Å². The topological polar surface area (TPSA) is 88.5 Å². The van der Waals surface area contributed by atoms with Gasteiger partial charge in [0.25, 0.3) is 0 Å². The average Bonchev–Trinajstić information content (AvgIpc) is 3.11. The van der Waals surface area contributed by atoms with Gasteiger partial charge in [-0.05, 0) is 42.4 Å². The molecule has 3 aromatic rings. The molecule has 0 spiro atoms. The molecule has 0 aliphatic carbocycles. The zero-order valence-corrected chi connectivity index (χ0v) is 14.3. The number of para-hydroxylation sites is 1. The van der Waals surface area contributed by atoms with Crippen molar-refractivity contribution < 1.29 is 9.55 Å². The maximum Gasteiger partial charge on any atom is 0.324 e. The molecule has 1 aromatic heterocycles. The average molecular weight is 341 g/mol. The van der Waals surface area contributed by atoms with Crippen LogP contribution in [0.2, 0.25) is 0 Å². The highest BCUT2D eigenvalue weighted by Crippen LogP contribution is 2.41. The van der Waals surface area contributed by atoms with E-state index in [9.17, 15) is 10.1 Å². The van der Waals surface area contributed by atoms with E-state index in [-0.39, 0.29) is 11.2 Å². The van der Waals surface area contributed by atoms with E-state index in [2.05, 4.69) is 15.2 Å². The van der Waals surface area contributed by atoms with Crippen LogP contribution in [0.25, 0.3) is 11.0 Å². The summed E-state index contributed by atoms with van der Waals surface area (Å²) in [6.07, 6.45) is 0. The number of aromatic nitrogens is 2. The number of hydrogen-bond acceptors (Lipinski definition) is 7. The molecule has 25 heavy (non-hydrogen) atoms. The summed E-state index contributed by atoms with van der Waals surface area (Å²) in [7, 11) is 1.79. The zero-order valence-electron chi connectivity index (χ0n) is 14.3. The smallest absolute Gasteiger partial charge is 0.324 e. The Kier molecular flexibility index (Phi) is 4.51. The molecule has 0 fully saturated rings. The van der Waals surface area contributed by atoms with E-state index in [0.717, 1.165) is 24.5 Å². The number of rotatable bonds is 6. The number of nitrogens with zero attached hydrogens (tertiary/aromatic N) is 5. The highest BCUT2D eigenvalue weighted by molar-refractivity contribution is 6.00. The number of nitro benzene ring substituents is 1. The van der Waals surface area contributed by atoms with E-state index in [0.29, 0.717) is 11.2 Å². The Hall–Kier alpha value is -3.16. The summed E-state index contributed by atoms with van der Waals surface area (Å²) in [5.74, 6) is 0. The molecule has 0 saturated carbocycles. The maximum absolute atomic E-state index is 11.7. The van der Waals surface area contributed by atoms with Crippen molar-refractivity contribution in [2.24, 2.45) is 0 Å². The van der Waals surface area contributed by atoms with E-state index < -0.39 is 4.92 Å². The van der Waals surface area contributed by atoms with Crippen LogP contribution in [0.3, 0.4) is 0 Å².